The van der Waals surface area contributed by atoms with Gasteiger partial charge in [-0.2, -0.15) is 0 Å². The maximum Gasteiger partial charge on any atom is 0.119 e. The first-order chi connectivity index (χ1) is 7.29. The number of benzene rings is 1. The molecular weight excluding hydrogens is 230 g/mol. The molecule has 0 radical (unpaired) electrons. The van der Waals surface area contributed by atoms with Gasteiger partial charge in [0.15, 0.2) is 0 Å². The average molecular weight is 242 g/mol. The van der Waals surface area contributed by atoms with Crippen molar-refractivity contribution in [2.24, 2.45) is 0 Å². The highest BCUT2D eigenvalue weighted by Gasteiger charge is 2.12. The van der Waals surface area contributed by atoms with E-state index in [9.17, 15) is 0 Å². The number of methoxy groups -OCH3 is 1. The summed E-state index contributed by atoms with van der Waals surface area (Å²) in [6.07, 6.45) is 2.05. The Kier molecular flexibility index (Phi) is 3.44. The average Bonchev–Trinajstić information content (AvgIpc) is 2.29. The molecule has 4 heteroatoms. The highest BCUT2D eigenvalue weighted by Crippen LogP contribution is 2.29. The van der Waals surface area contributed by atoms with E-state index in [1.807, 2.05) is 30.3 Å². The maximum absolute atomic E-state index is 6.00. The molecule has 1 aromatic carbocycles. The number of hydrogen-bond acceptors (Lipinski definition) is 3. The molecule has 2 rings (SSSR count). The molecule has 0 aliphatic carbocycles. The molecule has 0 saturated carbocycles. The van der Waals surface area contributed by atoms with Gasteiger partial charge < -0.3 is 9.04 Å². The molecule has 0 saturated heterocycles. The fourth-order valence-corrected chi connectivity index (χ4v) is 2.70. The van der Waals surface area contributed by atoms with Gasteiger partial charge >= 0.3 is 0 Å². The van der Waals surface area contributed by atoms with Crippen molar-refractivity contribution in [1.29, 1.82) is 0 Å². The first-order valence-electron chi connectivity index (χ1n) is 4.68. The number of halogens is 1. The van der Waals surface area contributed by atoms with E-state index in [0.29, 0.717) is 0 Å². The van der Waals surface area contributed by atoms with E-state index in [2.05, 4.69) is 4.31 Å². The third kappa shape index (κ3) is 2.61. The van der Waals surface area contributed by atoms with Gasteiger partial charge in [0.1, 0.15) is 5.75 Å². The van der Waals surface area contributed by atoms with Crippen molar-refractivity contribution in [1.82, 2.24) is 0 Å². The smallest absolute Gasteiger partial charge is 0.119 e. The summed E-state index contributed by atoms with van der Waals surface area (Å²) in [6, 6.07) is 8.01. The lowest BCUT2D eigenvalue weighted by atomic mass is 10.3. The Morgan fingerprint density at radius 3 is 2.67 bits per heavy atom. The second kappa shape index (κ2) is 4.81. The molecule has 0 aromatic heterocycles. The van der Waals surface area contributed by atoms with Crippen LogP contribution in [0.3, 0.4) is 0 Å². The molecule has 1 aliphatic heterocycles. The van der Waals surface area contributed by atoms with E-state index in [1.54, 1.807) is 19.1 Å². The summed E-state index contributed by atoms with van der Waals surface area (Å²) in [7, 11) is 1.67. The Bertz CT molecular complexity index is 363. The lowest BCUT2D eigenvalue weighted by molar-refractivity contribution is 0.415. The van der Waals surface area contributed by atoms with Crippen LogP contribution in [0.1, 0.15) is 0 Å². The van der Waals surface area contributed by atoms with Gasteiger partial charge in [-0.25, -0.2) is 0 Å². The third-order valence-electron chi connectivity index (χ3n) is 2.19. The van der Waals surface area contributed by atoms with Gasteiger partial charge in [-0.1, -0.05) is 17.7 Å². The quantitative estimate of drug-likeness (QED) is 0.738. The first-order valence-corrected chi connectivity index (χ1v) is 6.00. The van der Waals surface area contributed by atoms with Gasteiger partial charge in [-0.15, -0.1) is 0 Å². The molecule has 80 valence electrons. The van der Waals surface area contributed by atoms with E-state index < -0.39 is 0 Å². The van der Waals surface area contributed by atoms with Crippen molar-refractivity contribution >= 4 is 29.2 Å². The van der Waals surface area contributed by atoms with Crippen LogP contribution < -0.4 is 9.04 Å². The van der Waals surface area contributed by atoms with Gasteiger partial charge in [-0.05, 0) is 36.2 Å². The van der Waals surface area contributed by atoms with Crippen LogP contribution >= 0.6 is 23.5 Å². The number of rotatable bonds is 2. The maximum atomic E-state index is 6.00. The highest BCUT2D eigenvalue weighted by atomic mass is 35.5. The van der Waals surface area contributed by atoms with Crippen LogP contribution in [-0.2, 0) is 0 Å². The summed E-state index contributed by atoms with van der Waals surface area (Å²) in [5.41, 5.74) is 1.16. The van der Waals surface area contributed by atoms with Crippen molar-refractivity contribution < 1.29 is 4.74 Å². The molecule has 0 N–H and O–H groups in total. The number of nitrogens with zero attached hydrogens (tertiary/aromatic N) is 1. The van der Waals surface area contributed by atoms with Crippen molar-refractivity contribution in [3.05, 3.63) is 35.4 Å². The van der Waals surface area contributed by atoms with E-state index >= 15 is 0 Å². The molecule has 0 amide bonds. The molecule has 0 unspecified atom stereocenters. The van der Waals surface area contributed by atoms with E-state index in [1.165, 1.54) is 0 Å². The summed E-state index contributed by atoms with van der Waals surface area (Å²) in [5, 5.41) is 0.907. The zero-order valence-corrected chi connectivity index (χ0v) is 10.0. The summed E-state index contributed by atoms with van der Waals surface area (Å²) in [5.74, 6) is 1.81. The van der Waals surface area contributed by atoms with Crippen molar-refractivity contribution in [2.75, 3.05) is 23.7 Å². The van der Waals surface area contributed by atoms with E-state index in [-0.39, 0.29) is 0 Å². The van der Waals surface area contributed by atoms with Gasteiger partial charge in [0.2, 0.25) is 0 Å². The van der Waals surface area contributed by atoms with Gasteiger partial charge in [0, 0.05) is 16.5 Å². The van der Waals surface area contributed by atoms with Crippen LogP contribution in [0.4, 0.5) is 5.69 Å². The van der Waals surface area contributed by atoms with E-state index in [0.717, 1.165) is 28.8 Å². The van der Waals surface area contributed by atoms with Crippen molar-refractivity contribution in [2.45, 2.75) is 0 Å². The Balaban J connectivity index is 2.12. The molecule has 1 aromatic rings. The topological polar surface area (TPSA) is 12.5 Å². The van der Waals surface area contributed by atoms with Gasteiger partial charge in [-0.3, -0.25) is 0 Å². The molecule has 0 fully saturated rings. The van der Waals surface area contributed by atoms with Crippen molar-refractivity contribution in [3.63, 3.8) is 0 Å². The van der Waals surface area contributed by atoms with Crippen LogP contribution in [0.2, 0.25) is 0 Å². The summed E-state index contributed by atoms with van der Waals surface area (Å²) < 4.78 is 7.30. The lowest BCUT2D eigenvalue weighted by Crippen LogP contribution is -2.19. The minimum atomic E-state index is 0.776. The zero-order chi connectivity index (χ0) is 10.7. The Labute approximate surface area is 99.0 Å². The number of anilines is 1. The van der Waals surface area contributed by atoms with Gasteiger partial charge in [0.05, 0.1) is 13.7 Å². The standard InChI is InChI=1S/C11H12ClNOS/c1-14-11-4-2-10(3-5-11)13-8-9(12)6-7-15-13/h2-6H,7-8H2,1H3. The minimum absolute atomic E-state index is 0.776. The second-order valence-corrected chi connectivity index (χ2v) is 4.70. The van der Waals surface area contributed by atoms with Crippen LogP contribution in [0.15, 0.2) is 35.4 Å². The Morgan fingerprint density at radius 1 is 1.33 bits per heavy atom. The minimum Gasteiger partial charge on any atom is -0.497 e. The molecule has 1 heterocycles. The largest absolute Gasteiger partial charge is 0.497 e. The fourth-order valence-electron chi connectivity index (χ4n) is 1.38. The molecular formula is C11H12ClNOS. The molecule has 0 atom stereocenters. The monoisotopic (exact) mass is 241 g/mol. The zero-order valence-electron chi connectivity index (χ0n) is 8.44. The third-order valence-corrected chi connectivity index (χ3v) is 3.43. The van der Waals surface area contributed by atoms with Crippen LogP contribution in [0, 0.1) is 0 Å². The van der Waals surface area contributed by atoms with Crippen LogP contribution in [-0.4, -0.2) is 19.4 Å². The predicted molar refractivity (Wildman–Crippen MR) is 66.7 cm³/mol. The fraction of sp³-hybridized carbons (Fsp3) is 0.273. The number of ether oxygens (including phenoxy) is 1. The van der Waals surface area contributed by atoms with Gasteiger partial charge in [0.25, 0.3) is 0 Å². The summed E-state index contributed by atoms with van der Waals surface area (Å²) >= 11 is 7.77. The molecule has 0 spiro atoms. The van der Waals surface area contributed by atoms with E-state index in [4.69, 9.17) is 16.3 Å². The molecule has 1 aliphatic rings. The summed E-state index contributed by atoms with van der Waals surface area (Å²) in [4.78, 5) is 0. The summed E-state index contributed by atoms with van der Waals surface area (Å²) in [6.45, 7) is 0.776. The lowest BCUT2D eigenvalue weighted by Gasteiger charge is -2.25. The Hall–Kier alpha value is -0.800. The molecule has 0 bridgehead atoms. The van der Waals surface area contributed by atoms with Crippen LogP contribution in [0.25, 0.3) is 0 Å². The molecule has 2 nitrogen and oxygen atoms in total. The predicted octanol–water partition coefficient (Wildman–Crippen LogP) is 3.29. The second-order valence-electron chi connectivity index (χ2n) is 3.18. The van der Waals surface area contributed by atoms with Crippen molar-refractivity contribution in [3.8, 4) is 5.75 Å². The SMILES string of the molecule is COc1ccc(N2CC(Cl)=CCS2)cc1. The van der Waals surface area contributed by atoms with Crippen LogP contribution in [0.5, 0.6) is 5.75 Å². The number of hydrogen-bond donors (Lipinski definition) is 0. The Morgan fingerprint density at radius 2 is 2.07 bits per heavy atom. The highest BCUT2D eigenvalue weighted by molar-refractivity contribution is 8.00. The normalized spacial score (nSPS) is 16.1. The first kappa shape index (κ1) is 10.7. The molecule has 15 heavy (non-hydrogen) atoms.